The van der Waals surface area contributed by atoms with Gasteiger partial charge >= 0.3 is 0 Å². The second-order valence-corrected chi connectivity index (χ2v) is 8.18. The summed E-state index contributed by atoms with van der Waals surface area (Å²) in [5.74, 6) is -0.0131. The molecule has 166 valence electrons. The Hall–Kier alpha value is -3.93. The van der Waals surface area contributed by atoms with Crippen LogP contribution in [0.25, 0.3) is 22.1 Å². The lowest BCUT2D eigenvalue weighted by atomic mass is 9.93. The van der Waals surface area contributed by atoms with Crippen LogP contribution in [-0.4, -0.2) is 52.3 Å². The molecule has 2 aromatic heterocycles. The first-order valence-corrected chi connectivity index (χ1v) is 11.2. The van der Waals surface area contributed by atoms with Crippen molar-refractivity contribution in [2.24, 2.45) is 0 Å². The summed E-state index contributed by atoms with van der Waals surface area (Å²) in [4.78, 5) is 34.5. The highest BCUT2D eigenvalue weighted by Gasteiger charge is 2.38. The van der Waals surface area contributed by atoms with Gasteiger partial charge in [0, 0.05) is 43.8 Å². The molecule has 6 heteroatoms. The lowest BCUT2D eigenvalue weighted by Gasteiger charge is -2.40. The van der Waals surface area contributed by atoms with Crippen molar-refractivity contribution in [2.75, 3.05) is 19.6 Å². The normalized spacial score (nSPS) is 16.4. The number of fused-ring (bicyclic) bond motifs is 1. The third kappa shape index (κ3) is 4.00. The van der Waals surface area contributed by atoms with Gasteiger partial charge in [-0.15, -0.1) is 0 Å². The number of benzene rings is 2. The number of likely N-dealkylation sites (N-methyl/N-ethyl adjacent to an activating group) is 1. The zero-order valence-corrected chi connectivity index (χ0v) is 18.5. The molecule has 3 heterocycles. The van der Waals surface area contributed by atoms with Crippen molar-refractivity contribution in [3.63, 3.8) is 0 Å². The van der Waals surface area contributed by atoms with Gasteiger partial charge < -0.3 is 14.2 Å². The Bertz CT molecular complexity index is 1270. The Morgan fingerprint density at radius 1 is 1.03 bits per heavy atom. The highest BCUT2D eigenvalue weighted by atomic mass is 16.3. The van der Waals surface area contributed by atoms with E-state index in [-0.39, 0.29) is 17.6 Å². The summed E-state index contributed by atoms with van der Waals surface area (Å²) in [6.45, 7) is 3.58. The maximum atomic E-state index is 13.5. The van der Waals surface area contributed by atoms with E-state index >= 15 is 0 Å². The number of pyridine rings is 1. The molecule has 4 aromatic rings. The van der Waals surface area contributed by atoms with E-state index in [2.05, 4.69) is 4.98 Å². The third-order valence-electron chi connectivity index (χ3n) is 6.28. The van der Waals surface area contributed by atoms with Crippen LogP contribution in [-0.2, 0) is 11.2 Å². The molecule has 0 unspecified atom stereocenters. The van der Waals surface area contributed by atoms with Gasteiger partial charge in [-0.05, 0) is 47.9 Å². The van der Waals surface area contributed by atoms with Crippen molar-refractivity contribution in [1.82, 2.24) is 14.8 Å². The van der Waals surface area contributed by atoms with Gasteiger partial charge in [0.1, 0.15) is 11.6 Å². The predicted molar refractivity (Wildman–Crippen MR) is 127 cm³/mol. The summed E-state index contributed by atoms with van der Waals surface area (Å²) in [7, 11) is 0. The summed E-state index contributed by atoms with van der Waals surface area (Å²) in [6.07, 6.45) is 3.95. The Kier molecular flexibility index (Phi) is 5.65. The van der Waals surface area contributed by atoms with Crippen LogP contribution in [0, 0.1) is 0 Å². The lowest BCUT2D eigenvalue weighted by Crippen LogP contribution is -2.59. The molecular weight excluding hydrogens is 414 g/mol. The Morgan fingerprint density at radius 2 is 1.79 bits per heavy atom. The molecule has 6 nitrogen and oxygen atoms in total. The lowest BCUT2D eigenvalue weighted by molar-refractivity contribution is -0.139. The molecular formula is C27H25N3O3. The largest absolute Gasteiger partial charge is 0.451 e. The van der Waals surface area contributed by atoms with Crippen molar-refractivity contribution in [3.8, 4) is 11.1 Å². The average molecular weight is 440 g/mol. The van der Waals surface area contributed by atoms with E-state index in [1.165, 1.54) is 0 Å². The molecule has 0 spiro atoms. The van der Waals surface area contributed by atoms with Crippen molar-refractivity contribution in [2.45, 2.75) is 19.4 Å². The van der Waals surface area contributed by atoms with Gasteiger partial charge in [-0.25, -0.2) is 0 Å². The van der Waals surface area contributed by atoms with Crippen LogP contribution in [0.1, 0.15) is 23.0 Å². The molecule has 1 saturated heterocycles. The third-order valence-corrected chi connectivity index (χ3v) is 6.28. The molecule has 1 fully saturated rings. The maximum Gasteiger partial charge on any atom is 0.290 e. The molecule has 0 N–H and O–H groups in total. The van der Waals surface area contributed by atoms with Gasteiger partial charge in [0.25, 0.3) is 5.91 Å². The molecule has 0 aliphatic carbocycles. The fraction of sp³-hybridized carbons (Fsp3) is 0.222. The second-order valence-electron chi connectivity index (χ2n) is 8.18. The number of rotatable bonds is 5. The monoisotopic (exact) mass is 439 g/mol. The number of nitrogens with zero attached hydrogens (tertiary/aromatic N) is 3. The fourth-order valence-corrected chi connectivity index (χ4v) is 4.54. The van der Waals surface area contributed by atoms with Crippen molar-refractivity contribution in [3.05, 3.63) is 90.4 Å². The topological polar surface area (TPSA) is 66.7 Å². The molecule has 1 aliphatic rings. The van der Waals surface area contributed by atoms with Gasteiger partial charge in [-0.1, -0.05) is 42.5 Å². The maximum absolute atomic E-state index is 13.5. The molecule has 0 radical (unpaired) electrons. The van der Waals surface area contributed by atoms with E-state index in [4.69, 9.17) is 4.42 Å². The number of hydrogen-bond acceptors (Lipinski definition) is 4. The van der Waals surface area contributed by atoms with Crippen molar-refractivity contribution < 1.29 is 14.0 Å². The van der Waals surface area contributed by atoms with Crippen LogP contribution >= 0.6 is 0 Å². The van der Waals surface area contributed by atoms with E-state index in [0.717, 1.165) is 22.1 Å². The molecule has 1 aliphatic heterocycles. The van der Waals surface area contributed by atoms with Crippen LogP contribution in [0.4, 0.5) is 0 Å². The number of aromatic nitrogens is 1. The summed E-state index contributed by atoms with van der Waals surface area (Å²) >= 11 is 0. The molecule has 1 atom stereocenters. The summed E-state index contributed by atoms with van der Waals surface area (Å²) in [5, 5.41) is 0.874. The summed E-state index contributed by atoms with van der Waals surface area (Å²) in [6, 6.07) is 20.6. The number of amides is 2. The zero-order valence-electron chi connectivity index (χ0n) is 18.5. The molecule has 33 heavy (non-hydrogen) atoms. The van der Waals surface area contributed by atoms with Crippen molar-refractivity contribution >= 4 is 22.8 Å². The average Bonchev–Trinajstić information content (AvgIpc) is 3.30. The van der Waals surface area contributed by atoms with Gasteiger partial charge in [-0.3, -0.25) is 14.6 Å². The summed E-state index contributed by atoms with van der Waals surface area (Å²) in [5.41, 5.74) is 3.75. The zero-order chi connectivity index (χ0) is 22.8. The number of furan rings is 1. The first-order valence-electron chi connectivity index (χ1n) is 11.2. The number of hydrogen-bond donors (Lipinski definition) is 0. The van der Waals surface area contributed by atoms with Crippen molar-refractivity contribution in [1.29, 1.82) is 0 Å². The Balaban J connectivity index is 1.50. The van der Waals surface area contributed by atoms with Crippen LogP contribution in [0.2, 0.25) is 0 Å². The molecule has 2 aromatic carbocycles. The Labute approximate surface area is 192 Å². The van der Waals surface area contributed by atoms with Gasteiger partial charge in [0.05, 0.1) is 0 Å². The smallest absolute Gasteiger partial charge is 0.290 e. The second kappa shape index (κ2) is 8.90. The highest BCUT2D eigenvalue weighted by molar-refractivity contribution is 5.99. The minimum atomic E-state index is -0.595. The van der Waals surface area contributed by atoms with Gasteiger partial charge in [0.2, 0.25) is 5.91 Å². The SMILES string of the molecule is CCN1CCN(C(=O)c2cc3ccccc3o2)[C@H](Cc2ccccc2-c2ccncc2)C1=O. The van der Waals surface area contributed by atoms with Crippen LogP contribution in [0.3, 0.4) is 0 Å². The standard InChI is InChI=1S/C27H25N3O3/c1-2-29-15-16-30(27(32)25-18-21-8-4-6-10-24(21)33-25)23(26(29)31)17-20-7-3-5-9-22(20)19-11-13-28-14-12-19/h3-14,18,23H,2,15-17H2,1H3/t23-/m1/s1. The quantitative estimate of drug-likeness (QED) is 0.462. The van der Waals surface area contributed by atoms with Crippen LogP contribution in [0.15, 0.2) is 83.5 Å². The molecule has 0 bridgehead atoms. The number of piperazine rings is 1. The predicted octanol–water partition coefficient (Wildman–Crippen LogP) is 4.41. The highest BCUT2D eigenvalue weighted by Crippen LogP contribution is 2.28. The first-order chi connectivity index (χ1) is 16.2. The van der Waals surface area contributed by atoms with E-state index in [0.29, 0.717) is 31.6 Å². The number of para-hydroxylation sites is 1. The fourth-order valence-electron chi connectivity index (χ4n) is 4.54. The van der Waals surface area contributed by atoms with Crippen LogP contribution < -0.4 is 0 Å². The number of carbonyl (C=O) groups excluding carboxylic acids is 2. The van der Waals surface area contributed by atoms with E-state index in [1.807, 2.05) is 72.5 Å². The van der Waals surface area contributed by atoms with E-state index in [1.54, 1.807) is 23.4 Å². The van der Waals surface area contributed by atoms with Gasteiger partial charge in [-0.2, -0.15) is 0 Å². The van der Waals surface area contributed by atoms with E-state index < -0.39 is 6.04 Å². The molecule has 5 rings (SSSR count). The van der Waals surface area contributed by atoms with E-state index in [9.17, 15) is 9.59 Å². The summed E-state index contributed by atoms with van der Waals surface area (Å²) < 4.78 is 5.84. The minimum absolute atomic E-state index is 0.0299. The Morgan fingerprint density at radius 3 is 2.58 bits per heavy atom. The number of carbonyl (C=O) groups is 2. The molecule has 2 amide bonds. The van der Waals surface area contributed by atoms with Gasteiger partial charge in [0.15, 0.2) is 5.76 Å². The first kappa shape index (κ1) is 20.9. The molecule has 0 saturated carbocycles. The minimum Gasteiger partial charge on any atom is -0.451 e. The van der Waals surface area contributed by atoms with Crippen LogP contribution in [0.5, 0.6) is 0 Å².